The van der Waals surface area contributed by atoms with Crippen molar-refractivity contribution in [1.29, 1.82) is 0 Å². The summed E-state index contributed by atoms with van der Waals surface area (Å²) in [4.78, 5) is 3.63. The largest absolute Gasteiger partial charge is 0.412 e. The molecule has 0 fully saturated rings. The van der Waals surface area contributed by atoms with Gasteiger partial charge in [-0.15, -0.1) is 18.3 Å². The van der Waals surface area contributed by atoms with E-state index in [1.54, 1.807) is 73.6 Å². The first-order chi connectivity index (χ1) is 41.6. The van der Waals surface area contributed by atoms with Gasteiger partial charge in [-0.1, -0.05) is 89.4 Å². The minimum atomic E-state index is 0.549. The zero-order chi connectivity index (χ0) is 56.4. The van der Waals surface area contributed by atoms with Gasteiger partial charge in [-0.05, 0) is 42.5 Å². The summed E-state index contributed by atoms with van der Waals surface area (Å²) < 4.78 is 48.8. The Morgan fingerprint density at radius 1 is 0.357 bits per heavy atom. The van der Waals surface area contributed by atoms with Crippen molar-refractivity contribution < 1.29 is 63.0 Å². The first kappa shape index (κ1) is 52.2. The van der Waals surface area contributed by atoms with E-state index < -0.39 is 0 Å². The van der Waals surface area contributed by atoms with Crippen LogP contribution in [0.3, 0.4) is 0 Å². The molecule has 15 nitrogen and oxygen atoms in total. The maximum Gasteiger partial charge on any atom is 0.341 e. The number of para-hydroxylation sites is 8. The lowest BCUT2D eigenvalue weighted by Gasteiger charge is -2.00. The van der Waals surface area contributed by atoms with Crippen molar-refractivity contribution in [2.75, 3.05) is 0 Å². The van der Waals surface area contributed by atoms with Crippen LogP contribution in [0.15, 0.2) is 312 Å². The molecule has 0 radical (unpaired) electrons. The van der Waals surface area contributed by atoms with E-state index in [2.05, 4.69) is 118 Å². The Balaban J connectivity index is 0.000000107. The van der Waals surface area contributed by atoms with Crippen molar-refractivity contribution in [2.45, 2.75) is 13.1 Å². The van der Waals surface area contributed by atoms with Gasteiger partial charge < -0.3 is 26.5 Å². The normalized spacial score (nSPS) is 10.9. The second-order valence-electron chi connectivity index (χ2n) is 19.2. The van der Waals surface area contributed by atoms with E-state index >= 15 is 0 Å². The third kappa shape index (κ3) is 11.6. The van der Waals surface area contributed by atoms with Crippen LogP contribution in [-0.2, 0) is 13.1 Å². The Labute approximate surface area is 488 Å². The van der Waals surface area contributed by atoms with Crippen LogP contribution in [0.5, 0.6) is 0 Å². The van der Waals surface area contributed by atoms with Gasteiger partial charge >= 0.3 is 38.4 Å². The lowest BCUT2D eigenvalue weighted by molar-refractivity contribution is -0.668. The molecule has 0 bridgehead atoms. The van der Waals surface area contributed by atoms with E-state index in [1.165, 1.54) is 22.5 Å². The van der Waals surface area contributed by atoms with Crippen LogP contribution in [0.1, 0.15) is 11.1 Å². The van der Waals surface area contributed by atoms with Crippen molar-refractivity contribution in [3.05, 3.63) is 308 Å². The molecule has 0 amide bonds. The van der Waals surface area contributed by atoms with Crippen molar-refractivity contribution in [3.63, 3.8) is 0 Å². The van der Waals surface area contributed by atoms with E-state index in [0.717, 1.165) is 80.2 Å². The van der Waals surface area contributed by atoms with Gasteiger partial charge in [-0.3, -0.25) is 0 Å². The van der Waals surface area contributed by atoms with Gasteiger partial charge in [0.15, 0.2) is 43.7 Å². The van der Waals surface area contributed by atoms with Crippen LogP contribution in [-0.4, -0.2) is 0 Å². The summed E-state index contributed by atoms with van der Waals surface area (Å²) in [6, 6.07) is 62.7. The molecular weight excluding hydrogens is 1090 g/mol. The fourth-order valence-electron chi connectivity index (χ4n) is 9.74. The first-order valence-electron chi connectivity index (χ1n) is 26.6. The maximum absolute atomic E-state index is 7.47. The first-order valence-corrected chi connectivity index (χ1v) is 28.5. The van der Waals surface area contributed by atoms with Gasteiger partial charge in [-0.25, -0.2) is 4.85 Å². The van der Waals surface area contributed by atoms with Crippen molar-refractivity contribution in [1.82, 2.24) is 0 Å². The zero-order valence-electron chi connectivity index (χ0n) is 44.8. The molecule has 8 heterocycles. The van der Waals surface area contributed by atoms with Crippen molar-refractivity contribution in [3.8, 4) is 34.1 Å². The SMILES string of the molecule is [C-]#[N+]c1cc(-[n+]2coc3ccccc32)cc(-[n+]2coc3ccccc32)c1.c1cc(-[n+]2ccoc2)cc(-[n+]2ccoc2)c1.c1cc(-[n+]2ccsc2)cc(-[n+]2ccsc2)c1.c1cc(C[n+]2coc3ccccc32)cc(C[n+]2coc3ccccc32)c1. The fraction of sp³-hybridized carbons (Fsp3) is 0.0299. The topological polar surface area (TPSA) is 114 Å². The molecule has 0 unspecified atom stereocenters. The molecule has 0 atom stereocenters. The molecule has 16 rings (SSSR count). The molecule has 0 saturated carbocycles. The standard InChI is InChI=1S/C22H18N2O2.C21H13N3O2.C12H10N2O2.C12H10N2S2/c1-3-10-21-19(8-1)23(15-25-21)13-17-6-5-7-18(12-17)14-24-16-26-22-11-4-2-9-20(22)24;1-22-15-10-16(23-13-25-20-8-4-2-6-18(20)23)12-17(11-15)24-14-26-21-9-5-3-7-19(21)24;2*1-2-11(13-4-6-15-9-13)8-12(3-1)14-5-7-16-10-14/h1-12,15-16H,13-14H2;2-14H;2*1-10H/q4*+2. The average molecular weight is 1140 g/mol. The molecular formula is C67H51N9O6S2+8. The summed E-state index contributed by atoms with van der Waals surface area (Å²) >= 11 is 3.39. The van der Waals surface area contributed by atoms with Crippen LogP contribution in [0.2, 0.25) is 0 Å². The van der Waals surface area contributed by atoms with Crippen LogP contribution in [0.4, 0.5) is 5.69 Å². The van der Waals surface area contributed by atoms with E-state index in [-0.39, 0.29) is 0 Å². The van der Waals surface area contributed by atoms with Gasteiger partial charge in [0.1, 0.15) is 0 Å². The highest BCUT2D eigenvalue weighted by molar-refractivity contribution is 7.07. The molecule has 0 aliphatic carbocycles. The second-order valence-corrected chi connectivity index (χ2v) is 20.7. The molecule has 8 aromatic heterocycles. The summed E-state index contributed by atoms with van der Waals surface area (Å²) in [6.07, 6.45) is 21.3. The smallest absolute Gasteiger partial charge is 0.341 e. The van der Waals surface area contributed by atoms with Gasteiger partial charge in [0.05, 0.1) is 35.5 Å². The fourth-order valence-corrected chi connectivity index (χ4v) is 10.9. The summed E-state index contributed by atoms with van der Waals surface area (Å²) in [5.41, 5.74) is 20.9. The molecule has 8 aromatic carbocycles. The molecule has 0 saturated heterocycles. The number of hydrogen-bond donors (Lipinski definition) is 0. The number of oxazole rings is 6. The molecule has 17 heteroatoms. The van der Waals surface area contributed by atoms with Crippen LogP contribution in [0, 0.1) is 6.57 Å². The third-order valence-corrected chi connectivity index (χ3v) is 15.1. The van der Waals surface area contributed by atoms with E-state index in [0.29, 0.717) is 5.69 Å². The lowest BCUT2D eigenvalue weighted by atomic mass is 10.1. The monoisotopic (exact) mass is 1140 g/mol. The third-order valence-electron chi connectivity index (χ3n) is 13.8. The maximum atomic E-state index is 7.47. The summed E-state index contributed by atoms with van der Waals surface area (Å²) in [7, 11) is 0. The summed E-state index contributed by atoms with van der Waals surface area (Å²) in [6.45, 7) is 9.03. The number of nitrogens with zero attached hydrogens (tertiary/aromatic N) is 9. The number of fused-ring (bicyclic) bond motifs is 4. The van der Waals surface area contributed by atoms with Gasteiger partial charge in [0.2, 0.25) is 79.9 Å². The van der Waals surface area contributed by atoms with Gasteiger partial charge in [-0.2, -0.15) is 18.3 Å². The number of aromatic nitrogens is 8. The van der Waals surface area contributed by atoms with Crippen molar-refractivity contribution >= 4 is 72.8 Å². The Hall–Kier alpha value is -11.2. The molecule has 0 spiro atoms. The minimum Gasteiger partial charge on any atom is -0.412 e. The van der Waals surface area contributed by atoms with E-state index in [1.807, 2.05) is 158 Å². The molecule has 0 aliphatic heterocycles. The highest BCUT2D eigenvalue weighted by atomic mass is 32.1. The van der Waals surface area contributed by atoms with Crippen LogP contribution < -0.4 is 36.5 Å². The Morgan fingerprint density at radius 2 is 0.750 bits per heavy atom. The number of hydrogen-bond acceptors (Lipinski definition) is 8. The number of rotatable bonds is 10. The Bertz CT molecular complexity index is 4460. The van der Waals surface area contributed by atoms with Crippen LogP contribution >= 0.6 is 22.7 Å². The Morgan fingerprint density at radius 3 is 1.17 bits per heavy atom. The van der Waals surface area contributed by atoms with Crippen LogP contribution in [0.25, 0.3) is 83.4 Å². The quantitative estimate of drug-likeness (QED) is 0.0995. The molecule has 0 aliphatic rings. The Kier molecular flexibility index (Phi) is 15.1. The minimum absolute atomic E-state index is 0.549. The van der Waals surface area contributed by atoms with E-state index in [9.17, 15) is 0 Å². The van der Waals surface area contributed by atoms with E-state index in [4.69, 9.17) is 33.1 Å². The molecule has 16 aromatic rings. The highest BCUT2D eigenvalue weighted by Gasteiger charge is 2.24. The summed E-state index contributed by atoms with van der Waals surface area (Å²) in [5, 5.41) is 4.15. The molecule has 0 N–H and O–H groups in total. The highest BCUT2D eigenvalue weighted by Crippen LogP contribution is 2.23. The van der Waals surface area contributed by atoms with Gasteiger partial charge in [0, 0.05) is 71.8 Å². The predicted octanol–water partition coefficient (Wildman–Crippen LogP) is 11.9. The molecule has 84 heavy (non-hydrogen) atoms. The number of thiazole rings is 2. The summed E-state index contributed by atoms with van der Waals surface area (Å²) in [5.74, 6) is 0. The van der Waals surface area contributed by atoms with Gasteiger partial charge in [0.25, 0.3) is 22.1 Å². The molecule has 404 valence electrons. The lowest BCUT2D eigenvalue weighted by Crippen LogP contribution is -2.33. The average Bonchev–Trinajstić information content (AvgIpc) is 4.56. The van der Waals surface area contributed by atoms with Crippen molar-refractivity contribution in [2.24, 2.45) is 0 Å². The second kappa shape index (κ2) is 24.3. The predicted molar refractivity (Wildman–Crippen MR) is 312 cm³/mol. The number of benzene rings is 8. The zero-order valence-corrected chi connectivity index (χ0v) is 46.5.